The molecule has 0 heterocycles. The number of aryl methyl sites for hydroxylation is 1. The molecule has 3 unspecified atom stereocenters. The van der Waals surface area contributed by atoms with Crippen molar-refractivity contribution in [3.05, 3.63) is 83.6 Å². The van der Waals surface area contributed by atoms with E-state index >= 15 is 0 Å². The maximum atomic E-state index is 4.93. The molecule has 0 aromatic heterocycles. The zero-order chi connectivity index (χ0) is 24.4. The lowest BCUT2D eigenvalue weighted by Crippen LogP contribution is -2.41. The summed E-state index contributed by atoms with van der Waals surface area (Å²) in [6.07, 6.45) is 11.3. The zero-order valence-corrected chi connectivity index (χ0v) is 21.6. The summed E-state index contributed by atoms with van der Waals surface area (Å²) in [5.74, 6) is 0. The van der Waals surface area contributed by atoms with Gasteiger partial charge in [-0.25, -0.2) is 0 Å². The number of hydrogen-bond donors (Lipinski definition) is 1. The Kier molecular flexibility index (Phi) is 10.7. The lowest BCUT2D eigenvalue weighted by Gasteiger charge is -2.28. The Morgan fingerprint density at radius 2 is 1.85 bits per heavy atom. The normalized spacial score (nSPS) is 19.6. The fourth-order valence-corrected chi connectivity index (χ4v) is 4.19. The molecule has 0 saturated heterocycles. The molecule has 3 heteroatoms. The van der Waals surface area contributed by atoms with E-state index in [1.807, 2.05) is 19.1 Å². The van der Waals surface area contributed by atoms with Crippen molar-refractivity contribution < 1.29 is 0 Å². The maximum absolute atomic E-state index is 4.93. The van der Waals surface area contributed by atoms with Crippen LogP contribution < -0.4 is 5.32 Å². The van der Waals surface area contributed by atoms with Crippen LogP contribution in [0.25, 0.3) is 0 Å². The molecule has 1 aliphatic carbocycles. The van der Waals surface area contributed by atoms with E-state index < -0.39 is 0 Å². The molecule has 3 atom stereocenters. The van der Waals surface area contributed by atoms with Crippen molar-refractivity contribution in [1.82, 2.24) is 5.32 Å². The summed E-state index contributed by atoms with van der Waals surface area (Å²) >= 11 is 0. The summed E-state index contributed by atoms with van der Waals surface area (Å²) in [6.45, 7) is 20.8. The summed E-state index contributed by atoms with van der Waals surface area (Å²) in [4.78, 5) is 9.84. The number of hydrogen-bond acceptors (Lipinski definition) is 3. The van der Waals surface area contributed by atoms with Crippen molar-refractivity contribution in [2.75, 3.05) is 0 Å². The van der Waals surface area contributed by atoms with Crippen molar-refractivity contribution in [2.45, 2.75) is 91.8 Å². The summed E-state index contributed by atoms with van der Waals surface area (Å²) in [5, 5.41) is 3.76. The molecule has 0 aliphatic heterocycles. The molecule has 1 N–H and O–H groups in total. The number of nitrogens with one attached hydrogen (secondary N) is 1. The molecule has 0 saturated carbocycles. The van der Waals surface area contributed by atoms with Crippen LogP contribution in [0.15, 0.2) is 82.5 Å². The van der Waals surface area contributed by atoms with Gasteiger partial charge >= 0.3 is 0 Å². The maximum Gasteiger partial charge on any atom is 0.0890 e. The molecule has 0 spiro atoms. The standard InChI is InChI=1S/C30H43N3/c1-9-13-30(26(8)31-23(5)17-16-22(4)21(3)10-2)33-25(7)24(6)32-29-19-18-27-14-11-12-15-28(27)20-29/h9-15,24,26,29,32H,2,7,16-20H2,1,3-6,8H3/b13-9-,22-21+,31-23?,33-30?. The fourth-order valence-electron chi connectivity index (χ4n) is 4.19. The van der Waals surface area contributed by atoms with E-state index in [1.54, 1.807) is 0 Å². The summed E-state index contributed by atoms with van der Waals surface area (Å²) in [7, 11) is 0. The molecule has 0 radical (unpaired) electrons. The lowest BCUT2D eigenvalue weighted by molar-refractivity contribution is 0.429. The highest BCUT2D eigenvalue weighted by Gasteiger charge is 2.20. The molecule has 1 aliphatic rings. The van der Waals surface area contributed by atoms with E-state index in [0.717, 1.165) is 49.2 Å². The van der Waals surface area contributed by atoms with Gasteiger partial charge in [-0.2, -0.15) is 0 Å². The second-order valence-corrected chi connectivity index (χ2v) is 9.33. The first-order chi connectivity index (χ1) is 15.7. The Labute approximate surface area is 202 Å². The minimum Gasteiger partial charge on any atom is -0.306 e. The van der Waals surface area contributed by atoms with Crippen molar-refractivity contribution in [1.29, 1.82) is 0 Å². The van der Waals surface area contributed by atoms with Gasteiger partial charge in [0, 0.05) is 17.8 Å². The summed E-state index contributed by atoms with van der Waals surface area (Å²) in [6, 6.07) is 9.36. The molecule has 33 heavy (non-hydrogen) atoms. The number of aliphatic imine (C=N–C) groups is 2. The van der Waals surface area contributed by atoms with Crippen molar-refractivity contribution in [2.24, 2.45) is 9.98 Å². The molecule has 1 aromatic rings. The predicted molar refractivity (Wildman–Crippen MR) is 147 cm³/mol. The number of nitrogens with zero attached hydrogens (tertiary/aromatic N) is 2. The smallest absolute Gasteiger partial charge is 0.0890 e. The third-order valence-corrected chi connectivity index (χ3v) is 6.63. The molecule has 178 valence electrons. The number of rotatable bonds is 11. The molecule has 0 bridgehead atoms. The fraction of sp³-hybridized carbons (Fsp3) is 0.467. The monoisotopic (exact) mass is 445 g/mol. The third-order valence-electron chi connectivity index (χ3n) is 6.63. The van der Waals surface area contributed by atoms with E-state index in [1.165, 1.54) is 22.3 Å². The molecular weight excluding hydrogens is 402 g/mol. The summed E-state index contributed by atoms with van der Waals surface area (Å²) in [5.41, 5.74) is 8.54. The first-order valence-electron chi connectivity index (χ1n) is 12.3. The molecule has 2 rings (SSSR count). The van der Waals surface area contributed by atoms with Crippen LogP contribution in [0.4, 0.5) is 0 Å². The van der Waals surface area contributed by atoms with Gasteiger partial charge in [-0.3, -0.25) is 9.98 Å². The summed E-state index contributed by atoms with van der Waals surface area (Å²) < 4.78 is 0. The zero-order valence-electron chi connectivity index (χ0n) is 21.6. The van der Waals surface area contributed by atoms with Gasteiger partial charge in [0.15, 0.2) is 0 Å². The van der Waals surface area contributed by atoms with Gasteiger partial charge in [-0.15, -0.1) is 0 Å². The van der Waals surface area contributed by atoms with Gasteiger partial charge in [0.2, 0.25) is 0 Å². The number of fused-ring (bicyclic) bond motifs is 1. The molecule has 1 aromatic carbocycles. The first kappa shape index (κ1) is 26.7. The average Bonchev–Trinajstić information content (AvgIpc) is 2.81. The van der Waals surface area contributed by atoms with Crippen LogP contribution in [-0.4, -0.2) is 29.5 Å². The van der Waals surface area contributed by atoms with Crippen molar-refractivity contribution in [3.8, 4) is 0 Å². The van der Waals surface area contributed by atoms with Gasteiger partial charge < -0.3 is 5.32 Å². The van der Waals surface area contributed by atoms with E-state index in [2.05, 4.69) is 83.4 Å². The van der Waals surface area contributed by atoms with Crippen LogP contribution in [0, 0.1) is 0 Å². The first-order valence-corrected chi connectivity index (χ1v) is 12.3. The van der Waals surface area contributed by atoms with Crippen molar-refractivity contribution in [3.63, 3.8) is 0 Å². The van der Waals surface area contributed by atoms with Crippen LogP contribution in [0.1, 0.15) is 71.9 Å². The quantitative estimate of drug-likeness (QED) is 0.284. The van der Waals surface area contributed by atoms with Gasteiger partial charge in [0.25, 0.3) is 0 Å². The highest BCUT2D eigenvalue weighted by atomic mass is 15.0. The third kappa shape index (κ3) is 8.40. The van der Waals surface area contributed by atoms with Gasteiger partial charge in [0.1, 0.15) is 0 Å². The van der Waals surface area contributed by atoms with E-state index in [0.29, 0.717) is 6.04 Å². The second kappa shape index (κ2) is 13.3. The van der Waals surface area contributed by atoms with Gasteiger partial charge in [-0.05, 0) is 90.8 Å². The number of benzene rings is 1. The van der Waals surface area contributed by atoms with Crippen molar-refractivity contribution >= 4 is 11.4 Å². The Balaban J connectivity index is 2.01. The highest BCUT2D eigenvalue weighted by molar-refractivity contribution is 6.01. The van der Waals surface area contributed by atoms with Crippen LogP contribution in [-0.2, 0) is 12.8 Å². The lowest BCUT2D eigenvalue weighted by atomic mass is 9.88. The Morgan fingerprint density at radius 1 is 1.15 bits per heavy atom. The van der Waals surface area contributed by atoms with Crippen LogP contribution >= 0.6 is 0 Å². The Hall–Kier alpha value is -2.52. The van der Waals surface area contributed by atoms with E-state index in [-0.39, 0.29) is 12.1 Å². The molecular formula is C30H43N3. The second-order valence-electron chi connectivity index (χ2n) is 9.33. The predicted octanol–water partition coefficient (Wildman–Crippen LogP) is 7.20. The van der Waals surface area contributed by atoms with E-state index in [4.69, 9.17) is 9.98 Å². The van der Waals surface area contributed by atoms with Crippen LogP contribution in [0.5, 0.6) is 0 Å². The molecule has 0 amide bonds. The van der Waals surface area contributed by atoms with E-state index in [9.17, 15) is 0 Å². The minimum absolute atomic E-state index is 0.00325. The number of allylic oxidation sites excluding steroid dienone is 4. The highest BCUT2D eigenvalue weighted by Crippen LogP contribution is 2.22. The van der Waals surface area contributed by atoms with Gasteiger partial charge in [0.05, 0.1) is 17.5 Å². The van der Waals surface area contributed by atoms with Crippen LogP contribution in [0.2, 0.25) is 0 Å². The molecule has 0 fully saturated rings. The average molecular weight is 446 g/mol. The molecule has 3 nitrogen and oxygen atoms in total. The minimum atomic E-state index is -0.00325. The Bertz CT molecular complexity index is 945. The SMILES string of the molecule is C=C/C(C)=C(\C)CCC(C)=NC(C)C(/C=C\C)=NC(=C)C(C)NC1CCc2ccccc2C1. The largest absolute Gasteiger partial charge is 0.306 e. The Morgan fingerprint density at radius 3 is 2.52 bits per heavy atom. The topological polar surface area (TPSA) is 36.8 Å². The van der Waals surface area contributed by atoms with Crippen LogP contribution in [0.3, 0.4) is 0 Å². The van der Waals surface area contributed by atoms with Gasteiger partial charge in [-0.1, -0.05) is 60.7 Å².